The molecule has 0 bridgehead atoms. The van der Waals surface area contributed by atoms with Crippen molar-refractivity contribution in [3.05, 3.63) is 89.9 Å². The highest BCUT2D eigenvalue weighted by atomic mass is 19.1. The number of urea groups is 1. The number of anilines is 3. The molecule has 0 radical (unpaired) electrons. The second-order valence-electron chi connectivity index (χ2n) is 10.5. The molecule has 2 aromatic heterocycles. The Labute approximate surface area is 247 Å². The van der Waals surface area contributed by atoms with Gasteiger partial charge in [-0.05, 0) is 74.0 Å². The zero-order chi connectivity index (χ0) is 29.9. The smallest absolute Gasteiger partial charge is 0.323 e. The molecule has 1 aliphatic rings. The van der Waals surface area contributed by atoms with Crippen molar-refractivity contribution < 1.29 is 23.1 Å². The van der Waals surface area contributed by atoms with Gasteiger partial charge in [-0.2, -0.15) is 0 Å². The number of nitrogens with one attached hydrogen (secondary N) is 2. The van der Waals surface area contributed by atoms with E-state index in [1.54, 1.807) is 36.4 Å². The Hall–Kier alpha value is -5.09. The summed E-state index contributed by atoms with van der Waals surface area (Å²) in [7, 11) is 0. The first-order chi connectivity index (χ1) is 20.8. The van der Waals surface area contributed by atoms with Crippen LogP contribution in [0.3, 0.4) is 0 Å². The molecule has 0 atom stereocenters. The fourth-order valence-corrected chi connectivity index (χ4v) is 5.05. The van der Waals surface area contributed by atoms with Gasteiger partial charge in [-0.25, -0.2) is 19.2 Å². The van der Waals surface area contributed by atoms with Gasteiger partial charge in [0.05, 0.1) is 24.3 Å². The van der Waals surface area contributed by atoms with Gasteiger partial charge in [-0.3, -0.25) is 4.79 Å². The average Bonchev–Trinajstić information content (AvgIpc) is 3.44. The number of aromatic nitrogens is 2. The molecule has 9 nitrogen and oxygen atoms in total. The number of nitrogens with zero attached hydrogens (tertiary/aromatic N) is 3. The highest BCUT2D eigenvalue weighted by molar-refractivity contribution is 6.00. The predicted octanol–water partition coefficient (Wildman–Crippen LogP) is 6.62. The summed E-state index contributed by atoms with van der Waals surface area (Å²) in [6.07, 6.45) is 0.331. The third-order valence-electron chi connectivity index (χ3n) is 7.15. The summed E-state index contributed by atoms with van der Waals surface area (Å²) >= 11 is 0. The number of furan rings is 1. The van der Waals surface area contributed by atoms with E-state index in [1.165, 1.54) is 13.0 Å². The Morgan fingerprint density at radius 3 is 2.35 bits per heavy atom. The number of hydrogen-bond donors (Lipinski definition) is 2. The summed E-state index contributed by atoms with van der Waals surface area (Å²) in [6, 6.07) is 20.5. The topological polar surface area (TPSA) is 110 Å². The van der Waals surface area contributed by atoms with Crippen LogP contribution in [0.15, 0.2) is 77.2 Å². The van der Waals surface area contributed by atoms with E-state index in [0.29, 0.717) is 49.7 Å². The minimum Gasteiger partial charge on any atom is -0.461 e. The van der Waals surface area contributed by atoms with Crippen LogP contribution in [0.25, 0.3) is 33.6 Å². The summed E-state index contributed by atoms with van der Waals surface area (Å²) in [6.45, 7) is 5.88. The van der Waals surface area contributed by atoms with Gasteiger partial charge in [-0.15, -0.1) is 0 Å². The molecular weight excluding hydrogens is 549 g/mol. The Morgan fingerprint density at radius 2 is 1.65 bits per heavy atom. The summed E-state index contributed by atoms with van der Waals surface area (Å²) in [5, 5.41) is 6.22. The van der Waals surface area contributed by atoms with Crippen molar-refractivity contribution in [2.24, 2.45) is 0 Å². The lowest BCUT2D eigenvalue weighted by Gasteiger charge is -2.29. The Kier molecular flexibility index (Phi) is 7.84. The number of benzene rings is 3. The maximum Gasteiger partial charge on any atom is 0.323 e. The van der Waals surface area contributed by atoms with Gasteiger partial charge in [0.25, 0.3) is 0 Å². The van der Waals surface area contributed by atoms with Gasteiger partial charge in [-0.1, -0.05) is 18.2 Å². The van der Waals surface area contributed by atoms with Crippen LogP contribution in [0.5, 0.6) is 0 Å². The zero-order valence-corrected chi connectivity index (χ0v) is 23.8. The fourth-order valence-electron chi connectivity index (χ4n) is 5.05. The molecule has 0 saturated carbocycles. The molecule has 2 N–H and O–H groups in total. The van der Waals surface area contributed by atoms with E-state index in [2.05, 4.69) is 15.5 Å². The van der Waals surface area contributed by atoms with E-state index in [9.17, 15) is 9.59 Å². The molecule has 0 aliphatic carbocycles. The Balaban J connectivity index is 1.27. The zero-order valence-electron chi connectivity index (χ0n) is 23.8. The normalized spacial score (nSPS) is 13.2. The van der Waals surface area contributed by atoms with Crippen LogP contribution >= 0.6 is 0 Å². The van der Waals surface area contributed by atoms with Crippen molar-refractivity contribution in [1.82, 2.24) is 9.97 Å². The van der Waals surface area contributed by atoms with Crippen LogP contribution in [0.4, 0.5) is 26.4 Å². The van der Waals surface area contributed by atoms with E-state index in [0.717, 1.165) is 28.0 Å². The molecule has 218 valence electrons. The number of carbonyl (C=O) groups is 2. The van der Waals surface area contributed by atoms with E-state index in [4.69, 9.17) is 19.1 Å². The lowest BCUT2D eigenvalue weighted by Crippen LogP contribution is -2.37. The van der Waals surface area contributed by atoms with Crippen molar-refractivity contribution in [1.29, 1.82) is 0 Å². The molecule has 1 fully saturated rings. The summed E-state index contributed by atoms with van der Waals surface area (Å²) < 4.78 is 26.9. The maximum atomic E-state index is 15.6. The number of ketones is 1. The molecule has 43 heavy (non-hydrogen) atoms. The molecule has 10 heteroatoms. The van der Waals surface area contributed by atoms with Crippen LogP contribution in [0.1, 0.15) is 18.2 Å². The van der Waals surface area contributed by atoms with Crippen molar-refractivity contribution in [3.63, 3.8) is 0 Å². The quantitative estimate of drug-likeness (QED) is 0.223. The van der Waals surface area contributed by atoms with E-state index >= 15 is 4.39 Å². The lowest BCUT2D eigenvalue weighted by atomic mass is 10.1. The van der Waals surface area contributed by atoms with Crippen molar-refractivity contribution >= 4 is 39.9 Å². The number of morpholine rings is 1. The van der Waals surface area contributed by atoms with Gasteiger partial charge < -0.3 is 24.7 Å². The highest BCUT2D eigenvalue weighted by Gasteiger charge is 2.20. The summed E-state index contributed by atoms with van der Waals surface area (Å²) in [5.74, 6) is 1.96. The van der Waals surface area contributed by atoms with Crippen LogP contribution in [-0.2, 0) is 16.0 Å². The first-order valence-corrected chi connectivity index (χ1v) is 14.0. The van der Waals surface area contributed by atoms with Gasteiger partial charge in [0.2, 0.25) is 0 Å². The minimum absolute atomic E-state index is 0.0593. The molecule has 3 aromatic carbocycles. The van der Waals surface area contributed by atoms with Gasteiger partial charge >= 0.3 is 6.03 Å². The molecular formula is C33H30FN5O4. The standard InChI is InChI=1S/C33H30FN5O4/c1-20(40)17-22-4-7-24(8-5-22)35-33(41)36-25-9-11-26(28(34)19-25)31-37-29-18-23(30-12-3-21(2)43-30)6-10-27(29)32(38-31)39-13-15-42-16-14-39/h3-12,18-19H,13-17H2,1-2H3,(H2,35,36,41). The first-order valence-electron chi connectivity index (χ1n) is 14.0. The minimum atomic E-state index is -0.573. The van der Waals surface area contributed by atoms with E-state index in [1.807, 2.05) is 37.3 Å². The molecule has 0 spiro atoms. The molecule has 0 unspecified atom stereocenters. The maximum absolute atomic E-state index is 15.6. The number of hydrogen-bond acceptors (Lipinski definition) is 7. The number of halogens is 1. The van der Waals surface area contributed by atoms with Crippen LogP contribution in [0, 0.1) is 12.7 Å². The number of amides is 2. The number of ether oxygens (including phenoxy) is 1. The van der Waals surface area contributed by atoms with Gasteiger partial charge in [0, 0.05) is 41.8 Å². The molecule has 2 amide bonds. The van der Waals surface area contributed by atoms with E-state index < -0.39 is 11.8 Å². The van der Waals surface area contributed by atoms with Crippen LogP contribution < -0.4 is 15.5 Å². The van der Waals surface area contributed by atoms with Gasteiger partial charge in [0.15, 0.2) is 5.82 Å². The van der Waals surface area contributed by atoms with Crippen molar-refractivity contribution in [2.75, 3.05) is 41.8 Å². The summed E-state index contributed by atoms with van der Waals surface area (Å²) in [5.41, 5.74) is 3.41. The second kappa shape index (κ2) is 12.0. The monoisotopic (exact) mass is 579 g/mol. The lowest BCUT2D eigenvalue weighted by molar-refractivity contribution is -0.116. The molecule has 3 heterocycles. The largest absolute Gasteiger partial charge is 0.461 e. The average molecular weight is 580 g/mol. The second-order valence-corrected chi connectivity index (χ2v) is 10.5. The number of carbonyl (C=O) groups excluding carboxylic acids is 2. The molecule has 6 rings (SSSR count). The van der Waals surface area contributed by atoms with Crippen molar-refractivity contribution in [3.8, 4) is 22.7 Å². The van der Waals surface area contributed by atoms with Gasteiger partial charge in [0.1, 0.15) is 28.9 Å². The summed E-state index contributed by atoms with van der Waals surface area (Å²) in [4.78, 5) is 35.6. The van der Waals surface area contributed by atoms with Crippen molar-refractivity contribution in [2.45, 2.75) is 20.3 Å². The number of Topliss-reactive ketones (excluding diaryl/α,β-unsaturated/α-hetero) is 1. The third-order valence-corrected chi connectivity index (χ3v) is 7.15. The SMILES string of the molecule is CC(=O)Cc1ccc(NC(=O)Nc2ccc(-c3nc(N4CCOCC4)c4ccc(-c5ccc(C)o5)cc4n3)c(F)c2)cc1. The molecule has 1 saturated heterocycles. The fraction of sp³-hybridized carbons (Fsp3) is 0.212. The first kappa shape index (κ1) is 28.0. The Morgan fingerprint density at radius 1 is 0.907 bits per heavy atom. The predicted molar refractivity (Wildman–Crippen MR) is 164 cm³/mol. The van der Waals surface area contributed by atoms with E-state index in [-0.39, 0.29) is 22.9 Å². The highest BCUT2D eigenvalue weighted by Crippen LogP contribution is 2.33. The number of fused-ring (bicyclic) bond motifs is 1. The molecule has 5 aromatic rings. The number of aryl methyl sites for hydroxylation is 1. The number of rotatable bonds is 7. The van der Waals surface area contributed by atoms with Crippen LogP contribution in [0.2, 0.25) is 0 Å². The Bertz CT molecular complexity index is 1810. The van der Waals surface area contributed by atoms with Crippen LogP contribution in [-0.4, -0.2) is 48.1 Å². The molecule has 1 aliphatic heterocycles. The third kappa shape index (κ3) is 6.39.